The van der Waals surface area contributed by atoms with E-state index >= 15 is 0 Å². The second-order valence-electron chi connectivity index (χ2n) is 15.7. The fourth-order valence-electron chi connectivity index (χ4n) is 6.00. The number of ether oxygens (including phenoxy) is 2. The lowest BCUT2D eigenvalue weighted by Crippen LogP contribution is -2.29. The normalized spacial score (nSPS) is 14.9. The number of hydrogen-bond acceptors (Lipinski definition) is 8. The third-order valence-corrected chi connectivity index (χ3v) is 10.6. The number of rotatable bonds is 45. The first-order chi connectivity index (χ1) is 31.3. The lowest BCUT2D eigenvalue weighted by atomic mass is 10.1. The fourth-order valence-corrected chi connectivity index (χ4v) is 6.79. The predicted octanol–water partition coefficient (Wildman–Crippen LogP) is 14.4. The van der Waals surface area contributed by atoms with Crippen molar-refractivity contribution in [2.75, 3.05) is 33.0 Å². The highest BCUT2D eigenvalue weighted by atomic mass is 31.2. The highest BCUT2D eigenvalue weighted by Gasteiger charge is 2.26. The quantitative estimate of drug-likeness (QED) is 0.0236. The van der Waals surface area contributed by atoms with Crippen LogP contribution < -0.4 is 0 Å². The summed E-state index contributed by atoms with van der Waals surface area (Å²) in [5.41, 5.74) is 0. The maximum Gasteiger partial charge on any atom is 0.472 e. The SMILES string of the molecule is CC/C=C\C/C=C\C/C=C\C/C=C\C/C=C\C/C=C\CCCCCCC(=O)OC(COCCCCCCCCC/C=C\C/C=C\C/C=C\C/C=C\CC)COP(=O)(O)OCC(O)CO. The number of hydrogen-bond donors (Lipinski definition) is 3. The van der Waals surface area contributed by atoms with Gasteiger partial charge in [0.2, 0.25) is 0 Å². The summed E-state index contributed by atoms with van der Waals surface area (Å²) >= 11 is 0. The number of phosphoric ester groups is 1. The van der Waals surface area contributed by atoms with Crippen molar-refractivity contribution in [3.63, 3.8) is 0 Å². The van der Waals surface area contributed by atoms with Gasteiger partial charge in [0, 0.05) is 13.0 Å². The molecule has 0 saturated heterocycles. The van der Waals surface area contributed by atoms with E-state index in [0.717, 1.165) is 116 Å². The Bertz CT molecular complexity index is 1400. The predicted molar refractivity (Wildman–Crippen MR) is 269 cm³/mol. The molecular weight excluding hydrogens is 824 g/mol. The van der Waals surface area contributed by atoms with E-state index in [1.54, 1.807) is 0 Å². The van der Waals surface area contributed by atoms with Crippen LogP contribution in [0.25, 0.3) is 0 Å². The Morgan fingerprint density at radius 3 is 1.27 bits per heavy atom. The molecule has 3 atom stereocenters. The van der Waals surface area contributed by atoms with Crippen molar-refractivity contribution < 1.29 is 43.0 Å². The van der Waals surface area contributed by atoms with Gasteiger partial charge in [-0.1, -0.05) is 180 Å². The van der Waals surface area contributed by atoms with Gasteiger partial charge in [0.05, 0.1) is 26.4 Å². The third kappa shape index (κ3) is 48.3. The van der Waals surface area contributed by atoms with Crippen LogP contribution in [0.15, 0.2) is 122 Å². The van der Waals surface area contributed by atoms with E-state index in [0.29, 0.717) is 13.0 Å². The molecule has 3 N–H and O–H groups in total. The van der Waals surface area contributed by atoms with Crippen LogP contribution in [0.3, 0.4) is 0 Å². The highest BCUT2D eigenvalue weighted by Crippen LogP contribution is 2.43. The molecule has 64 heavy (non-hydrogen) atoms. The molecule has 0 aliphatic heterocycles. The zero-order chi connectivity index (χ0) is 46.7. The van der Waals surface area contributed by atoms with Crippen LogP contribution >= 0.6 is 7.82 Å². The first-order valence-electron chi connectivity index (χ1n) is 24.5. The zero-order valence-electron chi connectivity index (χ0n) is 39.9. The second kappa shape index (κ2) is 49.3. The topological polar surface area (TPSA) is 132 Å². The summed E-state index contributed by atoms with van der Waals surface area (Å²) in [7, 11) is -4.54. The Kier molecular flexibility index (Phi) is 46.9. The molecule has 9 nitrogen and oxygen atoms in total. The maximum absolute atomic E-state index is 12.7. The van der Waals surface area contributed by atoms with E-state index < -0.39 is 45.8 Å². The fraction of sp³-hybridized carbons (Fsp3) is 0.611. The summed E-state index contributed by atoms with van der Waals surface area (Å²) in [5, 5.41) is 18.4. The molecule has 10 heteroatoms. The smallest absolute Gasteiger partial charge is 0.457 e. The molecule has 0 aliphatic carbocycles. The number of aliphatic hydroxyl groups excluding tert-OH is 2. The Morgan fingerprint density at radius 2 is 0.844 bits per heavy atom. The van der Waals surface area contributed by atoms with Crippen molar-refractivity contribution >= 4 is 13.8 Å². The molecule has 0 aromatic carbocycles. The van der Waals surface area contributed by atoms with Gasteiger partial charge in [0.25, 0.3) is 0 Å². The summed E-state index contributed by atoms with van der Waals surface area (Å²) in [6, 6.07) is 0. The maximum atomic E-state index is 12.7. The first kappa shape index (κ1) is 60.9. The van der Waals surface area contributed by atoms with Crippen LogP contribution in [0.5, 0.6) is 0 Å². The first-order valence-corrected chi connectivity index (χ1v) is 26.0. The van der Waals surface area contributed by atoms with Crippen LogP contribution in [-0.4, -0.2) is 66.3 Å². The van der Waals surface area contributed by atoms with Gasteiger partial charge < -0.3 is 24.6 Å². The largest absolute Gasteiger partial charge is 0.472 e. The molecule has 0 bridgehead atoms. The Balaban J connectivity index is 4.23. The van der Waals surface area contributed by atoms with Crippen LogP contribution in [0, 0.1) is 0 Å². The molecule has 0 aliphatic rings. The number of carbonyl (C=O) groups excluding carboxylic acids is 1. The van der Waals surface area contributed by atoms with Gasteiger partial charge in [-0.3, -0.25) is 13.8 Å². The molecule has 0 heterocycles. The van der Waals surface area contributed by atoms with E-state index in [1.807, 2.05) is 0 Å². The summed E-state index contributed by atoms with van der Waals surface area (Å²) in [5.74, 6) is -0.416. The zero-order valence-corrected chi connectivity index (χ0v) is 40.8. The van der Waals surface area contributed by atoms with Gasteiger partial charge in [-0.05, 0) is 103 Å². The summed E-state index contributed by atoms with van der Waals surface area (Å²) < 4.78 is 33.5. The molecular formula is C54H89O9P. The Labute approximate surface area is 390 Å². The van der Waals surface area contributed by atoms with E-state index in [4.69, 9.17) is 23.6 Å². The van der Waals surface area contributed by atoms with Gasteiger partial charge in [0.15, 0.2) is 0 Å². The van der Waals surface area contributed by atoms with Crippen molar-refractivity contribution in [3.8, 4) is 0 Å². The van der Waals surface area contributed by atoms with Gasteiger partial charge in [-0.25, -0.2) is 4.57 Å². The number of aliphatic hydroxyl groups is 2. The highest BCUT2D eigenvalue weighted by molar-refractivity contribution is 7.47. The van der Waals surface area contributed by atoms with Crippen molar-refractivity contribution in [2.24, 2.45) is 0 Å². The van der Waals surface area contributed by atoms with E-state index in [1.165, 1.54) is 25.7 Å². The van der Waals surface area contributed by atoms with Gasteiger partial charge in [-0.2, -0.15) is 0 Å². The average Bonchev–Trinajstić information content (AvgIpc) is 3.29. The summed E-state index contributed by atoms with van der Waals surface area (Å²) in [6.07, 6.45) is 65.8. The monoisotopic (exact) mass is 913 g/mol. The van der Waals surface area contributed by atoms with Crippen LogP contribution in [0.4, 0.5) is 0 Å². The molecule has 0 fully saturated rings. The van der Waals surface area contributed by atoms with Gasteiger partial charge in [-0.15, -0.1) is 0 Å². The minimum Gasteiger partial charge on any atom is -0.457 e. The van der Waals surface area contributed by atoms with Crippen LogP contribution in [-0.2, 0) is 27.9 Å². The number of unbranched alkanes of at least 4 members (excludes halogenated alkanes) is 11. The number of phosphoric acid groups is 1. The van der Waals surface area contributed by atoms with Crippen LogP contribution in [0.2, 0.25) is 0 Å². The molecule has 0 aromatic rings. The summed E-state index contributed by atoms with van der Waals surface area (Å²) in [4.78, 5) is 22.7. The summed E-state index contributed by atoms with van der Waals surface area (Å²) in [6.45, 7) is 3.20. The molecule has 0 aromatic heterocycles. The minimum absolute atomic E-state index is 0.0221. The average molecular weight is 913 g/mol. The van der Waals surface area contributed by atoms with E-state index in [9.17, 15) is 19.4 Å². The van der Waals surface area contributed by atoms with Crippen molar-refractivity contribution in [3.05, 3.63) is 122 Å². The number of carbonyl (C=O) groups is 1. The van der Waals surface area contributed by atoms with Crippen molar-refractivity contribution in [1.82, 2.24) is 0 Å². The van der Waals surface area contributed by atoms with Crippen LogP contribution in [0.1, 0.15) is 168 Å². The number of allylic oxidation sites excluding steroid dienone is 20. The standard InChI is InChI=1S/C54H89O9P/c1-3-5-7-9-11-13-15-17-19-21-23-25-26-27-28-30-32-34-36-38-40-42-44-46-54(57)63-53(51-62-64(58,59)61-49-52(56)48-55)50-60-47-45-43-41-39-37-35-33-31-29-24-22-20-18-16-14-12-10-8-6-4-2/h5-8,11-14,17-20,23-25,27-29,32,34,52-53,55-56H,3-4,9-10,15-16,21-22,26,30-31,33,35-51H2,1-2H3,(H,58,59)/b7-5-,8-6-,13-11-,14-12-,19-17-,20-18-,25-23-,28-27-,29-24-,34-32-. The molecule has 0 spiro atoms. The van der Waals surface area contributed by atoms with Crippen molar-refractivity contribution in [2.45, 2.75) is 180 Å². The van der Waals surface area contributed by atoms with E-state index in [-0.39, 0.29) is 13.0 Å². The molecule has 0 amide bonds. The van der Waals surface area contributed by atoms with Gasteiger partial charge in [0.1, 0.15) is 12.2 Å². The second-order valence-corrected chi connectivity index (χ2v) is 17.2. The Morgan fingerprint density at radius 1 is 0.484 bits per heavy atom. The molecule has 3 unspecified atom stereocenters. The molecule has 0 saturated carbocycles. The van der Waals surface area contributed by atoms with Crippen molar-refractivity contribution in [1.29, 1.82) is 0 Å². The lowest BCUT2D eigenvalue weighted by molar-refractivity contribution is -0.154. The molecule has 364 valence electrons. The van der Waals surface area contributed by atoms with E-state index in [2.05, 4.69) is 135 Å². The molecule has 0 rings (SSSR count). The molecule has 0 radical (unpaired) electrons. The number of esters is 1. The minimum atomic E-state index is -4.54. The van der Waals surface area contributed by atoms with Gasteiger partial charge >= 0.3 is 13.8 Å². The third-order valence-electron chi connectivity index (χ3n) is 9.64. The Hall–Kier alpha value is -3.14. The lowest BCUT2D eigenvalue weighted by Gasteiger charge is -2.20.